The zero-order chi connectivity index (χ0) is 22.5. The summed E-state index contributed by atoms with van der Waals surface area (Å²) in [6.45, 7) is 4.60. The number of hydrogen-bond donors (Lipinski definition) is 3. The zero-order valence-electron chi connectivity index (χ0n) is 17.7. The molecule has 164 valence electrons. The van der Waals surface area contributed by atoms with Crippen LogP contribution in [0.15, 0.2) is 64.4 Å². The van der Waals surface area contributed by atoms with E-state index in [0.717, 1.165) is 28.2 Å². The van der Waals surface area contributed by atoms with Gasteiger partial charge in [0.2, 0.25) is 5.91 Å². The molecular formula is C23H23N5O3S. The third-order valence-corrected chi connectivity index (χ3v) is 5.49. The lowest BCUT2D eigenvalue weighted by Gasteiger charge is -2.12. The lowest BCUT2D eigenvalue weighted by atomic mass is 10.1. The van der Waals surface area contributed by atoms with Crippen LogP contribution < -0.4 is 10.6 Å². The second kappa shape index (κ2) is 9.69. The van der Waals surface area contributed by atoms with E-state index in [1.54, 1.807) is 24.3 Å². The van der Waals surface area contributed by atoms with E-state index in [1.807, 2.05) is 44.3 Å². The third-order valence-electron chi connectivity index (χ3n) is 4.67. The summed E-state index contributed by atoms with van der Waals surface area (Å²) in [6, 6.07) is 14.8. The van der Waals surface area contributed by atoms with Crippen LogP contribution in [0.25, 0.3) is 22.4 Å². The SMILES string of the molecule is CC(C)CNC(=O)c1ccccc1NC(=O)CSc1nnc(-c2c[nH]c3ccccc23)o1. The number of hydrogen-bond acceptors (Lipinski definition) is 6. The highest BCUT2D eigenvalue weighted by molar-refractivity contribution is 7.99. The number of amides is 2. The van der Waals surface area contributed by atoms with Crippen molar-refractivity contribution in [2.24, 2.45) is 5.92 Å². The molecular weight excluding hydrogens is 426 g/mol. The Bertz CT molecular complexity index is 1250. The molecule has 0 aliphatic heterocycles. The average Bonchev–Trinajstić information content (AvgIpc) is 3.43. The van der Waals surface area contributed by atoms with Gasteiger partial charge in [0.1, 0.15) is 0 Å². The van der Waals surface area contributed by atoms with E-state index in [2.05, 4.69) is 25.8 Å². The molecule has 0 aliphatic rings. The molecule has 8 nitrogen and oxygen atoms in total. The first-order chi connectivity index (χ1) is 15.5. The highest BCUT2D eigenvalue weighted by atomic mass is 32.2. The van der Waals surface area contributed by atoms with Gasteiger partial charge in [0.15, 0.2) is 0 Å². The minimum atomic E-state index is -0.272. The second-order valence-electron chi connectivity index (χ2n) is 7.61. The van der Waals surface area contributed by atoms with Crippen molar-refractivity contribution in [3.63, 3.8) is 0 Å². The maximum atomic E-state index is 12.5. The number of nitrogens with zero attached hydrogens (tertiary/aromatic N) is 2. The number of carbonyl (C=O) groups is 2. The van der Waals surface area contributed by atoms with E-state index in [4.69, 9.17) is 4.42 Å². The molecule has 0 atom stereocenters. The Morgan fingerprint density at radius 2 is 1.88 bits per heavy atom. The number of fused-ring (bicyclic) bond motifs is 1. The van der Waals surface area contributed by atoms with E-state index in [0.29, 0.717) is 34.8 Å². The Morgan fingerprint density at radius 3 is 2.72 bits per heavy atom. The molecule has 32 heavy (non-hydrogen) atoms. The van der Waals surface area contributed by atoms with Crippen LogP contribution in [0.1, 0.15) is 24.2 Å². The van der Waals surface area contributed by atoms with Gasteiger partial charge in [-0.2, -0.15) is 0 Å². The molecule has 0 aliphatic carbocycles. The van der Waals surface area contributed by atoms with Crippen molar-refractivity contribution in [1.29, 1.82) is 0 Å². The van der Waals surface area contributed by atoms with E-state index in [1.165, 1.54) is 0 Å². The lowest BCUT2D eigenvalue weighted by Crippen LogP contribution is -2.28. The third kappa shape index (κ3) is 5.00. The van der Waals surface area contributed by atoms with Crippen LogP contribution in [0.5, 0.6) is 0 Å². The van der Waals surface area contributed by atoms with E-state index < -0.39 is 0 Å². The molecule has 0 saturated carbocycles. The first kappa shape index (κ1) is 21.6. The number of aromatic nitrogens is 3. The van der Waals surface area contributed by atoms with Gasteiger partial charge >= 0.3 is 0 Å². The number of anilines is 1. The number of carbonyl (C=O) groups excluding carboxylic acids is 2. The van der Waals surface area contributed by atoms with Crippen molar-refractivity contribution in [1.82, 2.24) is 20.5 Å². The first-order valence-corrected chi connectivity index (χ1v) is 11.2. The van der Waals surface area contributed by atoms with Gasteiger partial charge < -0.3 is 20.0 Å². The summed E-state index contributed by atoms with van der Waals surface area (Å²) < 4.78 is 5.73. The standard InChI is InChI=1S/C23H23N5O3S/c1-14(2)11-25-21(30)16-8-4-6-10-19(16)26-20(29)13-32-23-28-27-22(31-23)17-12-24-18-9-5-3-7-15(17)18/h3-10,12,14,24H,11,13H2,1-2H3,(H,25,30)(H,26,29). The smallest absolute Gasteiger partial charge is 0.277 e. The minimum Gasteiger partial charge on any atom is -0.411 e. The van der Waals surface area contributed by atoms with Gasteiger partial charge in [0.25, 0.3) is 17.0 Å². The van der Waals surface area contributed by atoms with Gasteiger partial charge in [-0.1, -0.05) is 55.9 Å². The van der Waals surface area contributed by atoms with Gasteiger partial charge in [0.05, 0.1) is 22.6 Å². The highest BCUT2D eigenvalue weighted by Crippen LogP contribution is 2.29. The number of benzene rings is 2. The van der Waals surface area contributed by atoms with E-state index in [-0.39, 0.29) is 17.6 Å². The van der Waals surface area contributed by atoms with Crippen molar-refractivity contribution in [3.05, 3.63) is 60.3 Å². The summed E-state index contributed by atoms with van der Waals surface area (Å²) in [5, 5.41) is 15.1. The van der Waals surface area contributed by atoms with Crippen molar-refractivity contribution >= 4 is 40.2 Å². The van der Waals surface area contributed by atoms with Crippen LogP contribution >= 0.6 is 11.8 Å². The number of nitrogens with one attached hydrogen (secondary N) is 3. The molecule has 0 unspecified atom stereocenters. The largest absolute Gasteiger partial charge is 0.411 e. The molecule has 0 fully saturated rings. The topological polar surface area (TPSA) is 113 Å². The summed E-state index contributed by atoms with van der Waals surface area (Å²) in [6.07, 6.45) is 1.82. The molecule has 2 amide bonds. The van der Waals surface area contributed by atoms with Gasteiger partial charge in [-0.25, -0.2) is 0 Å². The number of para-hydroxylation sites is 2. The van der Waals surface area contributed by atoms with Crippen LogP contribution in [0, 0.1) is 5.92 Å². The lowest BCUT2D eigenvalue weighted by molar-refractivity contribution is -0.113. The Hall–Kier alpha value is -3.59. The fourth-order valence-electron chi connectivity index (χ4n) is 3.12. The predicted molar refractivity (Wildman–Crippen MR) is 125 cm³/mol. The molecule has 2 heterocycles. The normalized spacial score (nSPS) is 11.1. The molecule has 0 spiro atoms. The van der Waals surface area contributed by atoms with Crippen molar-refractivity contribution < 1.29 is 14.0 Å². The van der Waals surface area contributed by atoms with Crippen molar-refractivity contribution in [2.75, 3.05) is 17.6 Å². The monoisotopic (exact) mass is 449 g/mol. The quantitative estimate of drug-likeness (QED) is 0.345. The number of H-pyrrole nitrogens is 1. The van der Waals surface area contributed by atoms with Crippen molar-refractivity contribution in [2.45, 2.75) is 19.1 Å². The minimum absolute atomic E-state index is 0.0669. The van der Waals surface area contributed by atoms with E-state index in [9.17, 15) is 9.59 Å². The average molecular weight is 450 g/mol. The molecule has 3 N–H and O–H groups in total. The van der Waals surface area contributed by atoms with Gasteiger partial charge in [-0.05, 0) is 24.1 Å². The molecule has 0 bridgehead atoms. The van der Waals surface area contributed by atoms with Crippen LogP contribution in [0.4, 0.5) is 5.69 Å². The second-order valence-corrected chi connectivity index (χ2v) is 8.53. The number of rotatable bonds is 8. The number of thioether (sulfide) groups is 1. The molecule has 2 aromatic heterocycles. The molecule has 2 aromatic carbocycles. The zero-order valence-corrected chi connectivity index (χ0v) is 18.5. The van der Waals surface area contributed by atoms with Crippen LogP contribution in [0.3, 0.4) is 0 Å². The Kier molecular flexibility index (Phi) is 6.55. The van der Waals surface area contributed by atoms with Crippen LogP contribution in [-0.4, -0.2) is 39.3 Å². The first-order valence-electron chi connectivity index (χ1n) is 10.2. The van der Waals surface area contributed by atoms with Gasteiger partial charge in [-0.3, -0.25) is 9.59 Å². The molecule has 0 saturated heterocycles. The maximum absolute atomic E-state index is 12.5. The maximum Gasteiger partial charge on any atom is 0.277 e. The molecule has 4 rings (SSSR count). The van der Waals surface area contributed by atoms with Crippen molar-refractivity contribution in [3.8, 4) is 11.5 Å². The summed E-state index contributed by atoms with van der Waals surface area (Å²) >= 11 is 1.14. The molecule has 4 aromatic rings. The molecule has 0 radical (unpaired) electrons. The number of aromatic amines is 1. The van der Waals surface area contributed by atoms with Gasteiger partial charge in [-0.15, -0.1) is 10.2 Å². The summed E-state index contributed by atoms with van der Waals surface area (Å²) in [5.41, 5.74) is 2.67. The fraction of sp³-hybridized carbons (Fsp3) is 0.217. The van der Waals surface area contributed by atoms with Crippen LogP contribution in [-0.2, 0) is 4.79 Å². The Labute approximate surface area is 189 Å². The summed E-state index contributed by atoms with van der Waals surface area (Å²) in [5.74, 6) is 0.295. The summed E-state index contributed by atoms with van der Waals surface area (Å²) in [4.78, 5) is 28.1. The van der Waals surface area contributed by atoms with E-state index >= 15 is 0 Å². The predicted octanol–water partition coefficient (Wildman–Crippen LogP) is 4.33. The summed E-state index contributed by atoms with van der Waals surface area (Å²) in [7, 11) is 0. The highest BCUT2D eigenvalue weighted by Gasteiger charge is 2.16. The van der Waals surface area contributed by atoms with Crippen LogP contribution in [0.2, 0.25) is 0 Å². The Morgan fingerprint density at radius 1 is 1.09 bits per heavy atom. The molecule has 9 heteroatoms. The van der Waals surface area contributed by atoms with Gasteiger partial charge in [0, 0.05) is 23.6 Å². The Balaban J connectivity index is 1.38. The fourth-order valence-corrected chi connectivity index (χ4v) is 3.68.